The Morgan fingerprint density at radius 2 is 2.11 bits per heavy atom. The van der Waals surface area contributed by atoms with Crippen molar-refractivity contribution in [2.45, 2.75) is 0 Å². The van der Waals surface area contributed by atoms with Gasteiger partial charge in [-0.2, -0.15) is 0 Å². The zero-order valence-corrected chi connectivity index (χ0v) is 15.4. The summed E-state index contributed by atoms with van der Waals surface area (Å²) in [4.78, 5) is 16.7. The van der Waals surface area contributed by atoms with Crippen LogP contribution in [0.15, 0.2) is 60.5 Å². The van der Waals surface area contributed by atoms with Crippen LogP contribution in [0.25, 0.3) is 10.6 Å². The average Bonchev–Trinajstić information content (AvgIpc) is 3.18. The third-order valence-electron chi connectivity index (χ3n) is 3.63. The molecule has 3 rings (SSSR count). The number of para-hydroxylation sites is 1. The van der Waals surface area contributed by atoms with E-state index in [0.29, 0.717) is 23.1 Å². The SMILES string of the molecule is C=CCOc1ccc(-c2nc(C(=O)Nc3ccccc3F)cs2)cc1OC. The van der Waals surface area contributed by atoms with E-state index in [1.165, 1.54) is 23.5 Å². The molecule has 2 aromatic carbocycles. The van der Waals surface area contributed by atoms with Crippen LogP contribution >= 0.6 is 11.3 Å². The number of carbonyl (C=O) groups excluding carboxylic acids is 1. The minimum atomic E-state index is -0.499. The Morgan fingerprint density at radius 3 is 2.85 bits per heavy atom. The molecule has 5 nitrogen and oxygen atoms in total. The van der Waals surface area contributed by atoms with Gasteiger partial charge in [0.2, 0.25) is 0 Å². The maximum Gasteiger partial charge on any atom is 0.275 e. The van der Waals surface area contributed by atoms with E-state index in [9.17, 15) is 9.18 Å². The largest absolute Gasteiger partial charge is 0.493 e. The van der Waals surface area contributed by atoms with Crippen molar-refractivity contribution >= 4 is 22.9 Å². The summed E-state index contributed by atoms with van der Waals surface area (Å²) in [5, 5.41) is 4.79. The number of ether oxygens (including phenoxy) is 2. The van der Waals surface area contributed by atoms with E-state index >= 15 is 0 Å². The van der Waals surface area contributed by atoms with E-state index in [1.54, 1.807) is 42.8 Å². The van der Waals surface area contributed by atoms with Crippen LogP contribution in [-0.2, 0) is 0 Å². The molecule has 0 aliphatic rings. The number of halogens is 1. The van der Waals surface area contributed by atoms with E-state index in [1.807, 2.05) is 6.07 Å². The van der Waals surface area contributed by atoms with Crippen LogP contribution in [0.3, 0.4) is 0 Å². The molecule has 0 saturated heterocycles. The fraction of sp³-hybridized carbons (Fsp3) is 0.100. The third-order valence-corrected chi connectivity index (χ3v) is 4.52. The normalized spacial score (nSPS) is 10.3. The predicted octanol–water partition coefficient (Wildman–Crippen LogP) is 4.77. The Balaban J connectivity index is 1.80. The van der Waals surface area contributed by atoms with Crippen molar-refractivity contribution in [3.63, 3.8) is 0 Å². The summed E-state index contributed by atoms with van der Waals surface area (Å²) in [5.41, 5.74) is 1.11. The van der Waals surface area contributed by atoms with Gasteiger partial charge in [0.05, 0.1) is 12.8 Å². The summed E-state index contributed by atoms with van der Waals surface area (Å²) >= 11 is 1.31. The summed E-state index contributed by atoms with van der Waals surface area (Å²) in [7, 11) is 1.55. The molecule has 0 aliphatic heterocycles. The molecule has 1 amide bonds. The number of nitrogens with one attached hydrogen (secondary N) is 1. The molecular weight excluding hydrogens is 367 g/mol. The monoisotopic (exact) mass is 384 g/mol. The van der Waals surface area contributed by atoms with Gasteiger partial charge in [0.25, 0.3) is 5.91 Å². The lowest BCUT2D eigenvalue weighted by molar-refractivity contribution is 0.102. The van der Waals surface area contributed by atoms with Crippen LogP contribution in [0, 0.1) is 5.82 Å². The summed E-state index contributed by atoms with van der Waals surface area (Å²) in [6.45, 7) is 3.98. The first kappa shape index (κ1) is 18.6. The molecule has 0 bridgehead atoms. The van der Waals surface area contributed by atoms with Gasteiger partial charge in [0.1, 0.15) is 23.1 Å². The Labute approximate surface area is 160 Å². The lowest BCUT2D eigenvalue weighted by Crippen LogP contribution is -2.13. The van der Waals surface area contributed by atoms with Gasteiger partial charge >= 0.3 is 0 Å². The number of methoxy groups -OCH3 is 1. The van der Waals surface area contributed by atoms with E-state index in [0.717, 1.165) is 5.56 Å². The van der Waals surface area contributed by atoms with Gasteiger partial charge in [-0.3, -0.25) is 4.79 Å². The molecule has 0 spiro atoms. The van der Waals surface area contributed by atoms with Crippen molar-refractivity contribution in [3.8, 4) is 22.1 Å². The lowest BCUT2D eigenvalue weighted by Gasteiger charge is -2.10. The molecule has 1 heterocycles. The van der Waals surface area contributed by atoms with Gasteiger partial charge < -0.3 is 14.8 Å². The molecule has 138 valence electrons. The molecule has 0 fully saturated rings. The number of amides is 1. The topological polar surface area (TPSA) is 60.5 Å². The lowest BCUT2D eigenvalue weighted by atomic mass is 10.2. The molecule has 0 radical (unpaired) electrons. The molecule has 27 heavy (non-hydrogen) atoms. The third kappa shape index (κ3) is 4.32. The number of anilines is 1. The number of hydrogen-bond donors (Lipinski definition) is 1. The second kappa shape index (κ2) is 8.46. The van der Waals surface area contributed by atoms with Gasteiger partial charge in [-0.15, -0.1) is 11.3 Å². The number of hydrogen-bond acceptors (Lipinski definition) is 5. The van der Waals surface area contributed by atoms with Crippen molar-refractivity contribution in [3.05, 3.63) is 72.0 Å². The Bertz CT molecular complexity index is 971. The van der Waals surface area contributed by atoms with Crippen LogP contribution < -0.4 is 14.8 Å². The Morgan fingerprint density at radius 1 is 1.30 bits per heavy atom. The van der Waals surface area contributed by atoms with E-state index in [-0.39, 0.29) is 11.4 Å². The Hall–Kier alpha value is -3.19. The van der Waals surface area contributed by atoms with Crippen molar-refractivity contribution in [2.24, 2.45) is 0 Å². The van der Waals surface area contributed by atoms with Gasteiger partial charge in [-0.1, -0.05) is 24.8 Å². The highest BCUT2D eigenvalue weighted by atomic mass is 32.1. The summed E-state index contributed by atoms with van der Waals surface area (Å²) in [6.07, 6.45) is 1.65. The van der Waals surface area contributed by atoms with Gasteiger partial charge in [0, 0.05) is 10.9 Å². The second-order valence-electron chi connectivity index (χ2n) is 5.44. The Kier molecular flexibility index (Phi) is 5.83. The molecule has 0 unspecified atom stereocenters. The first-order valence-electron chi connectivity index (χ1n) is 8.06. The van der Waals surface area contributed by atoms with Crippen molar-refractivity contribution < 1.29 is 18.7 Å². The smallest absolute Gasteiger partial charge is 0.275 e. The molecule has 0 aliphatic carbocycles. The highest BCUT2D eigenvalue weighted by molar-refractivity contribution is 7.13. The average molecular weight is 384 g/mol. The van der Waals surface area contributed by atoms with Gasteiger partial charge in [-0.05, 0) is 30.3 Å². The minimum absolute atomic E-state index is 0.113. The summed E-state index contributed by atoms with van der Waals surface area (Å²) in [6, 6.07) is 11.4. The molecule has 7 heteroatoms. The molecule has 3 aromatic rings. The van der Waals surface area contributed by atoms with Crippen LogP contribution in [-0.4, -0.2) is 24.6 Å². The molecule has 0 saturated carbocycles. The molecular formula is C20H17FN2O3S. The predicted molar refractivity (Wildman–Crippen MR) is 104 cm³/mol. The maximum atomic E-state index is 13.7. The number of carbonyl (C=O) groups is 1. The van der Waals surface area contributed by atoms with Crippen molar-refractivity contribution in [1.82, 2.24) is 4.98 Å². The van der Waals surface area contributed by atoms with Gasteiger partial charge in [0.15, 0.2) is 11.5 Å². The fourth-order valence-electron chi connectivity index (χ4n) is 2.33. The standard InChI is InChI=1S/C20H17FN2O3S/c1-3-10-26-17-9-8-13(11-18(17)25-2)20-23-16(12-27-20)19(24)22-15-7-5-4-6-14(15)21/h3-9,11-12H,1,10H2,2H3,(H,22,24). The van der Waals surface area contributed by atoms with E-state index in [2.05, 4.69) is 16.9 Å². The minimum Gasteiger partial charge on any atom is -0.493 e. The van der Waals surface area contributed by atoms with E-state index < -0.39 is 11.7 Å². The first-order chi connectivity index (χ1) is 13.1. The molecule has 0 atom stereocenters. The fourth-order valence-corrected chi connectivity index (χ4v) is 3.13. The zero-order chi connectivity index (χ0) is 19.2. The zero-order valence-electron chi connectivity index (χ0n) is 14.6. The number of rotatable bonds is 7. The van der Waals surface area contributed by atoms with Crippen LogP contribution in [0.4, 0.5) is 10.1 Å². The highest BCUT2D eigenvalue weighted by Gasteiger charge is 2.15. The van der Waals surface area contributed by atoms with Crippen LogP contribution in [0.1, 0.15) is 10.5 Å². The molecule has 1 aromatic heterocycles. The van der Waals surface area contributed by atoms with Crippen LogP contribution in [0.5, 0.6) is 11.5 Å². The molecule has 1 N–H and O–H groups in total. The number of thiazole rings is 1. The summed E-state index contributed by atoms with van der Waals surface area (Å²) < 4.78 is 24.6. The van der Waals surface area contributed by atoms with Crippen molar-refractivity contribution in [2.75, 3.05) is 19.0 Å². The maximum absolute atomic E-state index is 13.7. The van der Waals surface area contributed by atoms with Crippen LogP contribution in [0.2, 0.25) is 0 Å². The van der Waals surface area contributed by atoms with E-state index in [4.69, 9.17) is 9.47 Å². The number of nitrogens with zero attached hydrogens (tertiary/aromatic N) is 1. The number of aromatic nitrogens is 1. The second-order valence-corrected chi connectivity index (χ2v) is 6.30. The van der Waals surface area contributed by atoms with Crippen molar-refractivity contribution in [1.29, 1.82) is 0 Å². The number of benzene rings is 2. The van der Waals surface area contributed by atoms with Gasteiger partial charge in [-0.25, -0.2) is 9.37 Å². The quantitative estimate of drug-likeness (QED) is 0.596. The first-order valence-corrected chi connectivity index (χ1v) is 8.94. The summed E-state index contributed by atoms with van der Waals surface area (Å²) in [5.74, 6) is 0.179. The highest BCUT2D eigenvalue weighted by Crippen LogP contribution is 2.34.